The number of hydrogen-bond donors (Lipinski definition) is 0. The van der Waals surface area contributed by atoms with Crippen LogP contribution in [0.15, 0.2) is 30.5 Å². The summed E-state index contributed by atoms with van der Waals surface area (Å²) in [7, 11) is 4.15. The monoisotopic (exact) mass is 299 g/mol. The Morgan fingerprint density at radius 2 is 2.05 bits per heavy atom. The molecule has 0 atom stereocenters. The summed E-state index contributed by atoms with van der Waals surface area (Å²) in [5.74, 6) is 0. The first-order valence-corrected chi connectivity index (χ1v) is 7.82. The Kier molecular flexibility index (Phi) is 3.53. The molecule has 3 heterocycles. The Hall–Kier alpha value is -1.74. The molecule has 0 saturated heterocycles. The van der Waals surface area contributed by atoms with Crippen molar-refractivity contribution in [2.75, 3.05) is 14.1 Å². The van der Waals surface area contributed by atoms with Crippen molar-refractivity contribution < 1.29 is 0 Å². The van der Waals surface area contributed by atoms with E-state index in [0.29, 0.717) is 5.56 Å². The number of pyridine rings is 1. The SMILES string of the molecule is CN(C)Cc1ccc(-c2cc3ncc(C#N)cc3s2)s1. The zero-order valence-corrected chi connectivity index (χ0v) is 12.9. The minimum absolute atomic E-state index is 0.616. The maximum absolute atomic E-state index is 8.92. The second-order valence-corrected chi connectivity index (χ2v) is 7.09. The molecule has 3 rings (SSSR count). The predicted octanol–water partition coefficient (Wildman–Crippen LogP) is 3.96. The highest BCUT2D eigenvalue weighted by Gasteiger charge is 2.09. The van der Waals surface area contributed by atoms with Crippen LogP contribution in [0.1, 0.15) is 10.4 Å². The van der Waals surface area contributed by atoms with Gasteiger partial charge in [0.05, 0.1) is 15.8 Å². The number of nitriles is 1. The van der Waals surface area contributed by atoms with Gasteiger partial charge in [-0.15, -0.1) is 22.7 Å². The average Bonchev–Trinajstić information content (AvgIpc) is 3.02. The molecule has 3 nitrogen and oxygen atoms in total. The lowest BCUT2D eigenvalue weighted by molar-refractivity contribution is 0.406. The van der Waals surface area contributed by atoms with Crippen LogP contribution < -0.4 is 0 Å². The topological polar surface area (TPSA) is 39.9 Å². The fourth-order valence-electron chi connectivity index (χ4n) is 2.01. The van der Waals surface area contributed by atoms with Gasteiger partial charge in [0.25, 0.3) is 0 Å². The summed E-state index contributed by atoms with van der Waals surface area (Å²) in [6, 6.07) is 10.5. The fourth-order valence-corrected chi connectivity index (χ4v) is 4.27. The van der Waals surface area contributed by atoms with E-state index in [4.69, 9.17) is 5.26 Å². The van der Waals surface area contributed by atoms with Crippen LogP contribution in [0.25, 0.3) is 20.0 Å². The summed E-state index contributed by atoms with van der Waals surface area (Å²) >= 11 is 3.51. The zero-order chi connectivity index (χ0) is 14.1. The van der Waals surface area contributed by atoms with Crippen LogP contribution in [0, 0.1) is 11.3 Å². The Morgan fingerprint density at radius 1 is 1.20 bits per heavy atom. The van der Waals surface area contributed by atoms with Crippen molar-refractivity contribution in [2.24, 2.45) is 0 Å². The van der Waals surface area contributed by atoms with Crippen molar-refractivity contribution in [3.05, 3.63) is 40.9 Å². The zero-order valence-electron chi connectivity index (χ0n) is 11.3. The van der Waals surface area contributed by atoms with Crippen molar-refractivity contribution in [2.45, 2.75) is 6.54 Å². The normalized spacial score (nSPS) is 11.1. The predicted molar refractivity (Wildman–Crippen MR) is 85.0 cm³/mol. The van der Waals surface area contributed by atoms with E-state index in [1.54, 1.807) is 17.5 Å². The van der Waals surface area contributed by atoms with Gasteiger partial charge in [-0.1, -0.05) is 0 Å². The highest BCUT2D eigenvalue weighted by molar-refractivity contribution is 7.26. The van der Waals surface area contributed by atoms with E-state index in [0.717, 1.165) is 16.8 Å². The molecule has 0 bridgehead atoms. The molecule has 0 radical (unpaired) electrons. The summed E-state index contributed by atoms with van der Waals surface area (Å²) in [5.41, 5.74) is 1.58. The molecule has 0 N–H and O–H groups in total. The first kappa shape index (κ1) is 13.3. The standard InChI is InChI=1S/C15H13N3S2/c1-18(2)9-11-3-4-13(19-11)15-6-12-14(20-15)5-10(7-16)8-17-12/h3-6,8H,9H2,1-2H3. The van der Waals surface area contributed by atoms with Crippen LogP contribution in [0.5, 0.6) is 0 Å². The van der Waals surface area contributed by atoms with E-state index in [1.807, 2.05) is 17.4 Å². The summed E-state index contributed by atoms with van der Waals surface area (Å²) in [6.07, 6.45) is 1.63. The van der Waals surface area contributed by atoms with E-state index in [2.05, 4.69) is 48.2 Å². The Bertz CT molecular complexity index is 793. The molecule has 20 heavy (non-hydrogen) atoms. The van der Waals surface area contributed by atoms with E-state index in [-0.39, 0.29) is 0 Å². The lowest BCUT2D eigenvalue weighted by atomic mass is 10.3. The number of thiophene rings is 2. The Labute approximate surface area is 125 Å². The van der Waals surface area contributed by atoms with Crippen LogP contribution in [0.2, 0.25) is 0 Å². The quantitative estimate of drug-likeness (QED) is 0.735. The molecule has 100 valence electrons. The number of fused-ring (bicyclic) bond motifs is 1. The smallest absolute Gasteiger partial charge is 0.101 e. The van der Waals surface area contributed by atoms with E-state index >= 15 is 0 Å². The van der Waals surface area contributed by atoms with Gasteiger partial charge in [0.15, 0.2) is 0 Å². The summed E-state index contributed by atoms with van der Waals surface area (Å²) in [4.78, 5) is 10.3. The molecular formula is C15H13N3S2. The molecule has 0 amide bonds. The fraction of sp³-hybridized carbons (Fsp3) is 0.200. The molecule has 3 aromatic rings. The molecule has 0 aliphatic heterocycles. The molecule has 0 aliphatic rings. The van der Waals surface area contributed by atoms with Crippen molar-refractivity contribution >= 4 is 32.9 Å². The summed E-state index contributed by atoms with van der Waals surface area (Å²) in [5, 5.41) is 8.92. The second kappa shape index (κ2) is 5.33. The Morgan fingerprint density at radius 3 is 2.80 bits per heavy atom. The van der Waals surface area contributed by atoms with Gasteiger partial charge in [0.1, 0.15) is 6.07 Å². The van der Waals surface area contributed by atoms with Crippen molar-refractivity contribution in [3.8, 4) is 15.8 Å². The van der Waals surface area contributed by atoms with Crippen LogP contribution in [-0.2, 0) is 6.54 Å². The molecule has 0 spiro atoms. The van der Waals surface area contributed by atoms with Gasteiger partial charge in [-0.2, -0.15) is 5.26 Å². The number of aromatic nitrogens is 1. The molecule has 0 aliphatic carbocycles. The minimum atomic E-state index is 0.616. The summed E-state index contributed by atoms with van der Waals surface area (Å²) < 4.78 is 1.07. The molecule has 0 aromatic carbocycles. The first-order valence-electron chi connectivity index (χ1n) is 6.19. The second-order valence-electron chi connectivity index (χ2n) is 4.83. The lowest BCUT2D eigenvalue weighted by Gasteiger charge is -2.05. The minimum Gasteiger partial charge on any atom is -0.304 e. The highest BCUT2D eigenvalue weighted by atomic mass is 32.1. The van der Waals surface area contributed by atoms with Gasteiger partial charge in [0, 0.05) is 27.4 Å². The van der Waals surface area contributed by atoms with Gasteiger partial charge >= 0.3 is 0 Å². The van der Waals surface area contributed by atoms with E-state index < -0.39 is 0 Å². The van der Waals surface area contributed by atoms with Gasteiger partial charge in [0.2, 0.25) is 0 Å². The highest BCUT2D eigenvalue weighted by Crippen LogP contribution is 2.36. The third kappa shape index (κ3) is 2.59. The number of hydrogen-bond acceptors (Lipinski definition) is 5. The van der Waals surface area contributed by atoms with Crippen LogP contribution in [0.4, 0.5) is 0 Å². The average molecular weight is 299 g/mol. The number of rotatable bonds is 3. The Balaban J connectivity index is 1.97. The third-order valence-corrected chi connectivity index (χ3v) is 5.21. The molecule has 3 aromatic heterocycles. The molecular weight excluding hydrogens is 286 g/mol. The first-order chi connectivity index (χ1) is 9.65. The van der Waals surface area contributed by atoms with Crippen LogP contribution >= 0.6 is 22.7 Å². The molecule has 0 saturated carbocycles. The van der Waals surface area contributed by atoms with Crippen LogP contribution in [0.3, 0.4) is 0 Å². The maximum Gasteiger partial charge on any atom is 0.101 e. The number of nitrogens with zero attached hydrogens (tertiary/aromatic N) is 3. The van der Waals surface area contributed by atoms with E-state index in [9.17, 15) is 0 Å². The molecule has 5 heteroatoms. The van der Waals surface area contributed by atoms with Gasteiger partial charge in [-0.25, -0.2) is 0 Å². The van der Waals surface area contributed by atoms with Crippen molar-refractivity contribution in [1.82, 2.24) is 9.88 Å². The van der Waals surface area contributed by atoms with Crippen molar-refractivity contribution in [1.29, 1.82) is 5.26 Å². The third-order valence-electron chi connectivity index (χ3n) is 2.88. The van der Waals surface area contributed by atoms with Gasteiger partial charge < -0.3 is 4.90 Å². The van der Waals surface area contributed by atoms with Crippen molar-refractivity contribution in [3.63, 3.8) is 0 Å². The van der Waals surface area contributed by atoms with Gasteiger partial charge in [-0.3, -0.25) is 4.98 Å². The largest absolute Gasteiger partial charge is 0.304 e. The summed E-state index contributed by atoms with van der Waals surface area (Å²) in [6.45, 7) is 0.965. The van der Waals surface area contributed by atoms with Crippen LogP contribution in [-0.4, -0.2) is 24.0 Å². The van der Waals surface area contributed by atoms with E-state index in [1.165, 1.54) is 14.6 Å². The maximum atomic E-state index is 8.92. The lowest BCUT2D eigenvalue weighted by Crippen LogP contribution is -2.09. The molecule has 0 fully saturated rings. The molecule has 0 unspecified atom stereocenters. The van der Waals surface area contributed by atoms with Gasteiger partial charge in [-0.05, 0) is 38.4 Å².